The highest BCUT2D eigenvalue weighted by Crippen LogP contribution is 2.11. The zero-order chi connectivity index (χ0) is 19.0. The highest BCUT2D eigenvalue weighted by atomic mass is 16.5. The van der Waals surface area contributed by atoms with Gasteiger partial charge in [0.25, 0.3) is 11.8 Å². The van der Waals surface area contributed by atoms with Crippen molar-refractivity contribution in [1.82, 2.24) is 5.32 Å². The van der Waals surface area contributed by atoms with Crippen LogP contribution in [0.25, 0.3) is 0 Å². The maximum atomic E-state index is 12.0. The van der Waals surface area contributed by atoms with Crippen LogP contribution in [0.1, 0.15) is 44.5 Å². The number of carboxylic acid groups (broad SMARTS) is 1. The molecule has 2 unspecified atom stereocenters. The molecule has 0 heterocycles. The quantitative estimate of drug-likeness (QED) is 0.634. The Labute approximate surface area is 147 Å². The van der Waals surface area contributed by atoms with Crippen LogP contribution in [0.4, 0.5) is 5.69 Å². The second-order valence-corrected chi connectivity index (χ2v) is 6.30. The van der Waals surface area contributed by atoms with Gasteiger partial charge in [0.2, 0.25) is 0 Å². The molecular formula is C18H26N2O5. The average molecular weight is 350 g/mol. The predicted molar refractivity (Wildman–Crippen MR) is 94.5 cm³/mol. The highest BCUT2D eigenvalue weighted by molar-refractivity contribution is 5.98. The fourth-order valence-corrected chi connectivity index (χ4v) is 1.85. The SMILES string of the molecule is CC(C)CCOC(C)C(=O)Nc1ccc(C(=O)NC(C)C(=O)O)cc1. The first-order chi connectivity index (χ1) is 11.7. The number of hydrogen-bond donors (Lipinski definition) is 3. The lowest BCUT2D eigenvalue weighted by Gasteiger charge is -2.14. The van der Waals surface area contributed by atoms with E-state index in [1.54, 1.807) is 19.1 Å². The molecule has 0 aliphatic rings. The van der Waals surface area contributed by atoms with Gasteiger partial charge in [-0.2, -0.15) is 0 Å². The molecular weight excluding hydrogens is 324 g/mol. The number of carboxylic acids is 1. The van der Waals surface area contributed by atoms with Gasteiger partial charge < -0.3 is 20.5 Å². The summed E-state index contributed by atoms with van der Waals surface area (Å²) < 4.78 is 5.48. The maximum absolute atomic E-state index is 12.0. The van der Waals surface area contributed by atoms with Crippen LogP contribution in [-0.2, 0) is 14.3 Å². The molecule has 7 heteroatoms. The number of anilines is 1. The van der Waals surface area contributed by atoms with E-state index in [0.29, 0.717) is 23.8 Å². The Morgan fingerprint density at radius 2 is 1.68 bits per heavy atom. The van der Waals surface area contributed by atoms with E-state index in [1.165, 1.54) is 19.1 Å². The van der Waals surface area contributed by atoms with Gasteiger partial charge in [-0.25, -0.2) is 0 Å². The molecule has 7 nitrogen and oxygen atoms in total. The van der Waals surface area contributed by atoms with Crippen LogP contribution in [0.15, 0.2) is 24.3 Å². The minimum absolute atomic E-state index is 0.263. The molecule has 0 bridgehead atoms. The average Bonchev–Trinajstić information content (AvgIpc) is 2.54. The summed E-state index contributed by atoms with van der Waals surface area (Å²) in [5.41, 5.74) is 0.847. The topological polar surface area (TPSA) is 105 Å². The smallest absolute Gasteiger partial charge is 0.325 e. The number of ether oxygens (including phenoxy) is 1. The normalized spacial score (nSPS) is 13.2. The third kappa shape index (κ3) is 7.34. The molecule has 0 radical (unpaired) electrons. The molecule has 0 fully saturated rings. The van der Waals surface area contributed by atoms with Crippen LogP contribution in [0.3, 0.4) is 0 Å². The van der Waals surface area contributed by atoms with E-state index in [4.69, 9.17) is 9.84 Å². The monoisotopic (exact) mass is 350 g/mol. The van der Waals surface area contributed by atoms with E-state index in [9.17, 15) is 14.4 Å². The molecule has 0 aromatic heterocycles. The fraction of sp³-hybridized carbons (Fsp3) is 0.500. The molecule has 0 saturated carbocycles. The van der Waals surface area contributed by atoms with Crippen molar-refractivity contribution in [2.75, 3.05) is 11.9 Å². The number of nitrogens with one attached hydrogen (secondary N) is 2. The van der Waals surface area contributed by atoms with E-state index >= 15 is 0 Å². The van der Waals surface area contributed by atoms with Crippen LogP contribution in [0, 0.1) is 5.92 Å². The Balaban J connectivity index is 2.54. The molecule has 138 valence electrons. The Hall–Kier alpha value is -2.41. The number of carbonyl (C=O) groups is 3. The first-order valence-electron chi connectivity index (χ1n) is 8.27. The van der Waals surface area contributed by atoms with Crippen molar-refractivity contribution in [2.45, 2.75) is 46.3 Å². The van der Waals surface area contributed by atoms with Crippen molar-refractivity contribution in [3.8, 4) is 0 Å². The Bertz CT molecular complexity index is 598. The Kier molecular flexibility index (Phi) is 8.07. The van der Waals surface area contributed by atoms with Gasteiger partial charge in [-0.15, -0.1) is 0 Å². The number of rotatable bonds is 9. The predicted octanol–water partition coefficient (Wildman–Crippen LogP) is 2.28. The van der Waals surface area contributed by atoms with Crippen LogP contribution < -0.4 is 10.6 Å². The number of benzene rings is 1. The maximum Gasteiger partial charge on any atom is 0.325 e. The van der Waals surface area contributed by atoms with Crippen molar-refractivity contribution in [3.63, 3.8) is 0 Å². The zero-order valence-electron chi connectivity index (χ0n) is 15.0. The molecule has 1 rings (SSSR count). The first kappa shape index (κ1) is 20.6. The van der Waals surface area contributed by atoms with E-state index in [0.717, 1.165) is 6.42 Å². The Morgan fingerprint density at radius 3 is 2.20 bits per heavy atom. The molecule has 1 aromatic rings. The molecule has 0 aliphatic heterocycles. The van der Waals surface area contributed by atoms with Gasteiger partial charge in [-0.1, -0.05) is 13.8 Å². The lowest BCUT2D eigenvalue weighted by molar-refractivity contribution is -0.138. The van der Waals surface area contributed by atoms with Gasteiger partial charge in [0, 0.05) is 17.9 Å². The Morgan fingerprint density at radius 1 is 1.08 bits per heavy atom. The van der Waals surface area contributed by atoms with Crippen molar-refractivity contribution in [1.29, 1.82) is 0 Å². The summed E-state index contributed by atoms with van der Waals surface area (Å²) in [6.45, 7) is 7.76. The first-order valence-corrected chi connectivity index (χ1v) is 8.27. The molecule has 0 aliphatic carbocycles. The van der Waals surface area contributed by atoms with Crippen molar-refractivity contribution in [3.05, 3.63) is 29.8 Å². The molecule has 0 spiro atoms. The van der Waals surface area contributed by atoms with E-state index in [1.807, 2.05) is 0 Å². The van der Waals surface area contributed by atoms with Gasteiger partial charge in [-0.3, -0.25) is 14.4 Å². The van der Waals surface area contributed by atoms with Gasteiger partial charge in [0.05, 0.1) is 0 Å². The summed E-state index contributed by atoms with van der Waals surface area (Å²) in [5.74, 6) is -1.35. The lowest BCUT2D eigenvalue weighted by Crippen LogP contribution is -2.38. The van der Waals surface area contributed by atoms with E-state index in [2.05, 4.69) is 24.5 Å². The molecule has 2 amide bonds. The van der Waals surface area contributed by atoms with E-state index < -0.39 is 24.0 Å². The molecule has 1 aromatic carbocycles. The van der Waals surface area contributed by atoms with Gasteiger partial charge in [0.15, 0.2) is 0 Å². The van der Waals surface area contributed by atoms with Gasteiger partial charge in [-0.05, 0) is 50.5 Å². The van der Waals surface area contributed by atoms with Gasteiger partial charge >= 0.3 is 5.97 Å². The fourth-order valence-electron chi connectivity index (χ4n) is 1.85. The highest BCUT2D eigenvalue weighted by Gasteiger charge is 2.16. The van der Waals surface area contributed by atoms with Crippen LogP contribution >= 0.6 is 0 Å². The molecule has 25 heavy (non-hydrogen) atoms. The molecule has 2 atom stereocenters. The second-order valence-electron chi connectivity index (χ2n) is 6.30. The van der Waals surface area contributed by atoms with Crippen molar-refractivity contribution >= 4 is 23.5 Å². The number of aliphatic carboxylic acids is 1. The van der Waals surface area contributed by atoms with E-state index in [-0.39, 0.29) is 5.91 Å². The number of carbonyl (C=O) groups excluding carboxylic acids is 2. The van der Waals surface area contributed by atoms with Gasteiger partial charge in [0.1, 0.15) is 12.1 Å². The van der Waals surface area contributed by atoms with Crippen LogP contribution in [0.2, 0.25) is 0 Å². The third-order valence-corrected chi connectivity index (χ3v) is 3.56. The molecule has 3 N–H and O–H groups in total. The second kappa shape index (κ2) is 9.78. The summed E-state index contributed by atoms with van der Waals surface area (Å²) >= 11 is 0. The summed E-state index contributed by atoms with van der Waals surface area (Å²) in [5, 5.41) is 13.9. The molecule has 0 saturated heterocycles. The van der Waals surface area contributed by atoms with Crippen LogP contribution in [-0.4, -0.2) is 41.6 Å². The minimum Gasteiger partial charge on any atom is -0.480 e. The third-order valence-electron chi connectivity index (χ3n) is 3.56. The largest absolute Gasteiger partial charge is 0.480 e. The van der Waals surface area contributed by atoms with Crippen molar-refractivity contribution < 1.29 is 24.2 Å². The summed E-state index contributed by atoms with van der Waals surface area (Å²) in [6, 6.07) is 5.22. The summed E-state index contributed by atoms with van der Waals surface area (Å²) in [4.78, 5) is 34.7. The number of hydrogen-bond acceptors (Lipinski definition) is 4. The lowest BCUT2D eigenvalue weighted by atomic mass is 10.1. The standard InChI is InChI=1S/C18H26N2O5/c1-11(2)9-10-25-13(4)16(21)20-15-7-5-14(6-8-15)17(22)19-12(3)18(23)24/h5-8,11-13H,9-10H2,1-4H3,(H,19,22)(H,20,21)(H,23,24). The minimum atomic E-state index is -1.11. The zero-order valence-corrected chi connectivity index (χ0v) is 15.0. The summed E-state index contributed by atoms with van der Waals surface area (Å²) in [7, 11) is 0. The van der Waals surface area contributed by atoms with Crippen LogP contribution in [0.5, 0.6) is 0 Å². The van der Waals surface area contributed by atoms with Crippen molar-refractivity contribution in [2.24, 2.45) is 5.92 Å². The number of amides is 2. The summed E-state index contributed by atoms with van der Waals surface area (Å²) in [6.07, 6.45) is 0.314.